The number of hydrogen-bond acceptors (Lipinski definition) is 2. The number of nitrogens with two attached hydrogens (primary N) is 1. The van der Waals surface area contributed by atoms with Crippen molar-refractivity contribution in [1.82, 2.24) is 0 Å². The summed E-state index contributed by atoms with van der Waals surface area (Å²) in [6.45, 7) is 2.78. The van der Waals surface area contributed by atoms with E-state index < -0.39 is 0 Å². The second-order valence-electron chi connectivity index (χ2n) is 6.15. The lowest BCUT2D eigenvalue weighted by Gasteiger charge is -2.25. The molecule has 0 aliphatic heterocycles. The highest BCUT2D eigenvalue weighted by atomic mass is 19.1. The van der Waals surface area contributed by atoms with Crippen molar-refractivity contribution in [1.29, 1.82) is 0 Å². The van der Waals surface area contributed by atoms with Gasteiger partial charge in [0, 0.05) is 18.8 Å². The van der Waals surface area contributed by atoms with E-state index in [0.717, 1.165) is 42.6 Å². The monoisotopic (exact) mass is 262 g/mol. The molecule has 0 bridgehead atoms. The lowest BCUT2D eigenvalue weighted by molar-refractivity contribution is 0.620. The summed E-state index contributed by atoms with van der Waals surface area (Å²) in [6.07, 6.45) is 6.11. The summed E-state index contributed by atoms with van der Waals surface area (Å²) in [5.74, 6) is 1.54. The lowest BCUT2D eigenvalue weighted by Crippen LogP contribution is -2.28. The zero-order valence-corrected chi connectivity index (χ0v) is 11.4. The fourth-order valence-electron chi connectivity index (χ4n) is 2.64. The van der Waals surface area contributed by atoms with Crippen molar-refractivity contribution in [3.63, 3.8) is 0 Å². The number of anilines is 1. The largest absolute Gasteiger partial charge is 0.371 e. The summed E-state index contributed by atoms with van der Waals surface area (Å²) in [5.41, 5.74) is 7.66. The summed E-state index contributed by atoms with van der Waals surface area (Å²) in [5, 5.41) is 0. The fraction of sp³-hybridized carbons (Fsp3) is 0.625. The Morgan fingerprint density at radius 2 is 1.68 bits per heavy atom. The first-order chi connectivity index (χ1) is 9.24. The van der Waals surface area contributed by atoms with Crippen molar-refractivity contribution in [3.8, 4) is 0 Å². The minimum Gasteiger partial charge on any atom is -0.371 e. The quantitative estimate of drug-likeness (QED) is 0.818. The molecule has 0 radical (unpaired) electrons. The first-order valence-corrected chi connectivity index (χ1v) is 7.49. The van der Waals surface area contributed by atoms with Crippen LogP contribution in [0, 0.1) is 17.7 Å². The minimum absolute atomic E-state index is 0.127. The molecular formula is C16H23FN2. The molecule has 104 valence electrons. The Morgan fingerprint density at radius 3 is 2.21 bits per heavy atom. The zero-order chi connectivity index (χ0) is 13.2. The van der Waals surface area contributed by atoms with Crippen LogP contribution in [-0.2, 0) is 6.42 Å². The summed E-state index contributed by atoms with van der Waals surface area (Å²) in [7, 11) is 0. The molecule has 19 heavy (non-hydrogen) atoms. The third-order valence-corrected chi connectivity index (χ3v) is 4.09. The summed E-state index contributed by atoms with van der Waals surface area (Å²) < 4.78 is 13.7. The first kappa shape index (κ1) is 12.9. The average molecular weight is 262 g/mol. The number of halogens is 1. The van der Waals surface area contributed by atoms with Crippen molar-refractivity contribution in [2.24, 2.45) is 17.6 Å². The van der Waals surface area contributed by atoms with Crippen LogP contribution in [-0.4, -0.2) is 19.6 Å². The van der Waals surface area contributed by atoms with Gasteiger partial charge in [-0.05, 0) is 74.2 Å². The summed E-state index contributed by atoms with van der Waals surface area (Å²) in [4.78, 5) is 2.40. The van der Waals surface area contributed by atoms with Gasteiger partial charge in [-0.1, -0.05) is 0 Å². The lowest BCUT2D eigenvalue weighted by atomic mass is 10.1. The van der Waals surface area contributed by atoms with Crippen LogP contribution in [0.25, 0.3) is 0 Å². The molecule has 3 rings (SSSR count). The average Bonchev–Trinajstić information content (AvgIpc) is 3.22. The van der Waals surface area contributed by atoms with Crippen molar-refractivity contribution in [2.45, 2.75) is 32.1 Å². The van der Waals surface area contributed by atoms with Crippen LogP contribution < -0.4 is 10.6 Å². The molecule has 2 nitrogen and oxygen atoms in total. The summed E-state index contributed by atoms with van der Waals surface area (Å²) >= 11 is 0. The van der Waals surface area contributed by atoms with Gasteiger partial charge in [0.1, 0.15) is 5.82 Å². The standard InChI is InChI=1S/C16H23FN2/c17-15-7-14(5-6-18)8-16(9-15)19(10-12-1-2-12)11-13-3-4-13/h7-9,12-13H,1-6,10-11,18H2. The molecule has 2 aliphatic carbocycles. The van der Waals surface area contributed by atoms with Crippen LogP contribution in [0.3, 0.4) is 0 Å². The Kier molecular flexibility index (Phi) is 3.74. The molecule has 0 unspecified atom stereocenters. The molecule has 1 aromatic carbocycles. The second-order valence-corrected chi connectivity index (χ2v) is 6.15. The third-order valence-electron chi connectivity index (χ3n) is 4.09. The predicted octanol–water partition coefficient (Wildman–Crippen LogP) is 2.95. The van der Waals surface area contributed by atoms with Crippen LogP contribution in [0.2, 0.25) is 0 Å². The van der Waals surface area contributed by atoms with Crippen molar-refractivity contribution < 1.29 is 4.39 Å². The fourth-order valence-corrected chi connectivity index (χ4v) is 2.64. The molecule has 0 aromatic heterocycles. The number of hydrogen-bond donors (Lipinski definition) is 1. The Bertz CT molecular complexity index is 424. The zero-order valence-electron chi connectivity index (χ0n) is 11.4. The van der Waals surface area contributed by atoms with Crippen molar-refractivity contribution in [2.75, 3.05) is 24.5 Å². The van der Waals surface area contributed by atoms with Crippen LogP contribution in [0.1, 0.15) is 31.2 Å². The number of rotatable bonds is 7. The van der Waals surface area contributed by atoms with E-state index in [9.17, 15) is 4.39 Å². The van der Waals surface area contributed by atoms with Crippen LogP contribution in [0.15, 0.2) is 18.2 Å². The van der Waals surface area contributed by atoms with Gasteiger partial charge in [0.15, 0.2) is 0 Å². The molecule has 1 aromatic rings. The van der Waals surface area contributed by atoms with Gasteiger partial charge in [0.05, 0.1) is 0 Å². The normalized spacial score (nSPS) is 18.6. The molecule has 0 atom stereocenters. The maximum absolute atomic E-state index is 13.7. The second kappa shape index (κ2) is 5.49. The van der Waals surface area contributed by atoms with Gasteiger partial charge in [-0.2, -0.15) is 0 Å². The van der Waals surface area contributed by atoms with Gasteiger partial charge in [0.2, 0.25) is 0 Å². The number of nitrogens with zero attached hydrogens (tertiary/aromatic N) is 1. The molecule has 0 amide bonds. The van der Waals surface area contributed by atoms with E-state index in [4.69, 9.17) is 5.73 Å². The maximum Gasteiger partial charge on any atom is 0.125 e. The molecule has 2 saturated carbocycles. The van der Waals surface area contributed by atoms with E-state index in [2.05, 4.69) is 11.0 Å². The smallest absolute Gasteiger partial charge is 0.125 e. The molecule has 3 heteroatoms. The highest BCUT2D eigenvalue weighted by molar-refractivity contribution is 5.49. The van der Waals surface area contributed by atoms with E-state index in [1.165, 1.54) is 25.7 Å². The van der Waals surface area contributed by atoms with E-state index >= 15 is 0 Å². The maximum atomic E-state index is 13.7. The van der Waals surface area contributed by atoms with E-state index in [0.29, 0.717) is 6.54 Å². The molecule has 0 saturated heterocycles. The van der Waals surface area contributed by atoms with Crippen LogP contribution in [0.5, 0.6) is 0 Å². The van der Waals surface area contributed by atoms with E-state index in [1.807, 2.05) is 0 Å². The third kappa shape index (κ3) is 3.69. The minimum atomic E-state index is -0.127. The molecule has 2 aliphatic rings. The van der Waals surface area contributed by atoms with Gasteiger partial charge in [0.25, 0.3) is 0 Å². The van der Waals surface area contributed by atoms with Gasteiger partial charge in [-0.25, -0.2) is 4.39 Å². The SMILES string of the molecule is NCCc1cc(F)cc(N(CC2CC2)CC2CC2)c1. The Labute approximate surface area is 114 Å². The Morgan fingerprint density at radius 1 is 1.05 bits per heavy atom. The highest BCUT2D eigenvalue weighted by Crippen LogP contribution is 2.36. The van der Waals surface area contributed by atoms with Gasteiger partial charge >= 0.3 is 0 Å². The topological polar surface area (TPSA) is 29.3 Å². The van der Waals surface area contributed by atoms with Gasteiger partial charge < -0.3 is 10.6 Å². The van der Waals surface area contributed by atoms with Gasteiger partial charge in [-0.3, -0.25) is 0 Å². The molecule has 0 heterocycles. The predicted molar refractivity (Wildman–Crippen MR) is 76.8 cm³/mol. The van der Waals surface area contributed by atoms with Gasteiger partial charge in [-0.15, -0.1) is 0 Å². The van der Waals surface area contributed by atoms with Crippen LogP contribution >= 0.6 is 0 Å². The van der Waals surface area contributed by atoms with Crippen molar-refractivity contribution >= 4 is 5.69 Å². The molecule has 0 spiro atoms. The first-order valence-electron chi connectivity index (χ1n) is 7.49. The highest BCUT2D eigenvalue weighted by Gasteiger charge is 2.29. The Hall–Kier alpha value is -1.09. The van der Waals surface area contributed by atoms with E-state index in [-0.39, 0.29) is 5.82 Å². The molecule has 2 N–H and O–H groups in total. The molecular weight excluding hydrogens is 239 g/mol. The summed E-state index contributed by atoms with van der Waals surface area (Å²) in [6, 6.07) is 5.42. The Balaban J connectivity index is 1.77. The van der Waals surface area contributed by atoms with E-state index in [1.54, 1.807) is 12.1 Å². The van der Waals surface area contributed by atoms with Crippen molar-refractivity contribution in [3.05, 3.63) is 29.6 Å². The molecule has 2 fully saturated rings. The number of benzene rings is 1. The van der Waals surface area contributed by atoms with Crippen LogP contribution in [0.4, 0.5) is 10.1 Å².